The first-order valence-corrected chi connectivity index (χ1v) is 14.2. The van der Waals surface area contributed by atoms with Gasteiger partial charge in [-0.25, -0.2) is 0 Å². The Morgan fingerprint density at radius 1 is 0.610 bits per heavy atom. The summed E-state index contributed by atoms with van der Waals surface area (Å²) in [5.74, 6) is 0.521. The van der Waals surface area contributed by atoms with Gasteiger partial charge in [0.25, 0.3) is 0 Å². The van der Waals surface area contributed by atoms with E-state index in [0.29, 0.717) is 32.2 Å². The van der Waals surface area contributed by atoms with Gasteiger partial charge in [0.05, 0.1) is 39.1 Å². The fourth-order valence-corrected chi connectivity index (χ4v) is 5.25. The maximum atomic E-state index is 9.94. The van der Waals surface area contributed by atoms with Gasteiger partial charge in [-0.05, 0) is 34.8 Å². The van der Waals surface area contributed by atoms with Crippen molar-refractivity contribution in [1.82, 2.24) is 0 Å². The molecular weight excluding hydrogens is 512 g/mol. The summed E-state index contributed by atoms with van der Waals surface area (Å²) in [6, 6.07) is 40.8. The van der Waals surface area contributed by atoms with Crippen molar-refractivity contribution in [3.8, 4) is 0 Å². The monoisotopic (exact) mass is 550 g/mol. The number of hydrogen-bond acceptors (Lipinski definition) is 5. The fourth-order valence-electron chi connectivity index (χ4n) is 5.25. The number of benzene rings is 4. The van der Waals surface area contributed by atoms with Crippen LogP contribution in [0.5, 0.6) is 0 Å². The topological polar surface area (TPSA) is 57.2 Å². The third-order valence-electron chi connectivity index (χ3n) is 7.32. The van der Waals surface area contributed by atoms with E-state index in [9.17, 15) is 5.11 Å². The average Bonchev–Trinajstić information content (AvgIpc) is 3.03. The van der Waals surface area contributed by atoms with Crippen molar-refractivity contribution in [1.29, 1.82) is 0 Å². The van der Waals surface area contributed by atoms with Crippen LogP contribution in [-0.4, -0.2) is 36.6 Å². The van der Waals surface area contributed by atoms with Crippen molar-refractivity contribution in [2.24, 2.45) is 5.92 Å². The Labute approximate surface area is 243 Å². The summed E-state index contributed by atoms with van der Waals surface area (Å²) in [4.78, 5) is 0. The van der Waals surface area contributed by atoms with E-state index in [1.54, 1.807) is 6.08 Å². The molecule has 0 spiro atoms. The van der Waals surface area contributed by atoms with E-state index in [1.165, 1.54) is 5.56 Å². The van der Waals surface area contributed by atoms with Gasteiger partial charge in [-0.3, -0.25) is 0 Å². The number of aliphatic hydroxyl groups is 1. The lowest BCUT2D eigenvalue weighted by atomic mass is 9.83. The van der Waals surface area contributed by atoms with Gasteiger partial charge in [0.1, 0.15) is 18.0 Å². The van der Waals surface area contributed by atoms with Crippen LogP contribution >= 0.6 is 0 Å². The van der Waals surface area contributed by atoms with E-state index in [2.05, 4.69) is 48.5 Å². The Morgan fingerprint density at radius 2 is 1.10 bits per heavy atom. The van der Waals surface area contributed by atoms with Crippen LogP contribution in [0.3, 0.4) is 0 Å². The first-order chi connectivity index (χ1) is 20.3. The minimum atomic E-state index is -0.495. The van der Waals surface area contributed by atoms with Crippen molar-refractivity contribution in [2.45, 2.75) is 44.6 Å². The zero-order valence-electron chi connectivity index (χ0n) is 23.3. The zero-order chi connectivity index (χ0) is 28.1. The third kappa shape index (κ3) is 8.38. The molecule has 4 aromatic carbocycles. The van der Waals surface area contributed by atoms with Crippen molar-refractivity contribution in [2.75, 3.05) is 13.2 Å². The Kier molecular flexibility index (Phi) is 10.7. The van der Waals surface area contributed by atoms with Gasteiger partial charge in [0.15, 0.2) is 0 Å². The normalized spacial score (nSPS) is 21.4. The Hall–Kier alpha value is -3.74. The molecule has 1 N–H and O–H groups in total. The van der Waals surface area contributed by atoms with E-state index in [-0.39, 0.29) is 24.7 Å². The summed E-state index contributed by atoms with van der Waals surface area (Å²) < 4.78 is 26.1. The van der Waals surface area contributed by atoms with Crippen LogP contribution in [-0.2, 0) is 45.2 Å². The standard InChI is InChI=1S/C36H38O5/c37-22-21-33-36(40-26-31-19-11-4-12-20-31)35(39-25-30-17-9-3-10-18-30)32(23-28-13-5-1-6-14-28)34(41-33)27-38-24-29-15-7-2-8-16-29/h1-21,32,34-37H,22-27H2/b33-21-/t32-,34?,35+,36?/m0/s1. The molecule has 0 aliphatic carbocycles. The van der Waals surface area contributed by atoms with Crippen LogP contribution in [0, 0.1) is 5.92 Å². The van der Waals surface area contributed by atoms with Crippen LogP contribution in [0.1, 0.15) is 22.3 Å². The van der Waals surface area contributed by atoms with Gasteiger partial charge >= 0.3 is 0 Å². The predicted octanol–water partition coefficient (Wildman–Crippen LogP) is 6.51. The molecule has 0 amide bonds. The molecule has 1 heterocycles. The quantitative estimate of drug-likeness (QED) is 0.206. The highest BCUT2D eigenvalue weighted by Crippen LogP contribution is 2.36. The van der Waals surface area contributed by atoms with E-state index in [4.69, 9.17) is 18.9 Å². The van der Waals surface area contributed by atoms with Gasteiger partial charge in [0.2, 0.25) is 0 Å². The summed E-state index contributed by atoms with van der Waals surface area (Å²) in [7, 11) is 0. The second-order valence-electron chi connectivity index (χ2n) is 10.3. The molecule has 1 fully saturated rings. The number of ether oxygens (including phenoxy) is 4. The largest absolute Gasteiger partial charge is 0.489 e. The van der Waals surface area contributed by atoms with Gasteiger partial charge in [0, 0.05) is 5.92 Å². The summed E-state index contributed by atoms with van der Waals surface area (Å²) in [5.41, 5.74) is 4.45. The number of rotatable bonds is 13. The van der Waals surface area contributed by atoms with E-state index < -0.39 is 6.10 Å². The van der Waals surface area contributed by atoms with E-state index in [1.807, 2.05) is 72.8 Å². The van der Waals surface area contributed by atoms with E-state index in [0.717, 1.165) is 23.1 Å². The number of aliphatic hydroxyl groups excluding tert-OH is 1. The van der Waals surface area contributed by atoms with Crippen LogP contribution in [0.15, 0.2) is 133 Å². The lowest BCUT2D eigenvalue weighted by Gasteiger charge is -2.44. The SMILES string of the molecule is OC/C=C1\OC(COCc2ccccc2)[C@H](Cc2ccccc2)[C@@H](OCc2ccccc2)C1OCc1ccccc1. The molecule has 2 unspecified atom stereocenters. The summed E-state index contributed by atoms with van der Waals surface area (Å²) >= 11 is 0. The maximum absolute atomic E-state index is 9.94. The van der Waals surface area contributed by atoms with Crippen molar-refractivity contribution >= 4 is 0 Å². The zero-order valence-corrected chi connectivity index (χ0v) is 23.3. The highest BCUT2D eigenvalue weighted by molar-refractivity contribution is 5.20. The molecule has 0 bridgehead atoms. The van der Waals surface area contributed by atoms with Gasteiger partial charge in [-0.2, -0.15) is 0 Å². The van der Waals surface area contributed by atoms with Crippen LogP contribution in [0.25, 0.3) is 0 Å². The molecule has 41 heavy (non-hydrogen) atoms. The summed E-state index contributed by atoms with van der Waals surface area (Å²) in [6.07, 6.45) is 1.30. The molecular formula is C36H38O5. The molecule has 0 saturated carbocycles. The van der Waals surface area contributed by atoms with E-state index >= 15 is 0 Å². The lowest BCUT2D eigenvalue weighted by molar-refractivity contribution is -0.182. The lowest BCUT2D eigenvalue weighted by Crippen LogP contribution is -2.52. The molecule has 5 rings (SSSR count). The van der Waals surface area contributed by atoms with Crippen molar-refractivity contribution in [3.63, 3.8) is 0 Å². The second kappa shape index (κ2) is 15.3. The molecule has 4 atom stereocenters. The van der Waals surface area contributed by atoms with Crippen molar-refractivity contribution in [3.05, 3.63) is 155 Å². The smallest absolute Gasteiger partial charge is 0.141 e. The molecule has 0 aromatic heterocycles. The Balaban J connectivity index is 1.43. The molecule has 4 aromatic rings. The third-order valence-corrected chi connectivity index (χ3v) is 7.32. The molecule has 0 radical (unpaired) electrons. The molecule has 1 saturated heterocycles. The highest BCUT2D eigenvalue weighted by atomic mass is 16.6. The molecule has 212 valence electrons. The van der Waals surface area contributed by atoms with Gasteiger partial charge in [-0.15, -0.1) is 0 Å². The minimum absolute atomic E-state index is 0.0616. The second-order valence-corrected chi connectivity index (χ2v) is 10.3. The van der Waals surface area contributed by atoms with Gasteiger partial charge in [-0.1, -0.05) is 121 Å². The van der Waals surface area contributed by atoms with Crippen LogP contribution in [0.2, 0.25) is 0 Å². The molecule has 5 nitrogen and oxygen atoms in total. The first kappa shape index (κ1) is 28.8. The summed E-state index contributed by atoms with van der Waals surface area (Å²) in [6.45, 7) is 1.54. The maximum Gasteiger partial charge on any atom is 0.141 e. The summed E-state index contributed by atoms with van der Waals surface area (Å²) in [5, 5.41) is 9.94. The molecule has 1 aliphatic heterocycles. The number of hydrogen-bond donors (Lipinski definition) is 1. The molecule has 5 heteroatoms. The molecule has 1 aliphatic rings. The predicted molar refractivity (Wildman–Crippen MR) is 160 cm³/mol. The fraction of sp³-hybridized carbons (Fsp3) is 0.278. The van der Waals surface area contributed by atoms with Crippen LogP contribution in [0.4, 0.5) is 0 Å². The Bertz CT molecular complexity index is 1310. The van der Waals surface area contributed by atoms with Gasteiger partial charge < -0.3 is 24.1 Å². The Morgan fingerprint density at radius 3 is 1.63 bits per heavy atom. The average molecular weight is 551 g/mol. The minimum Gasteiger partial charge on any atom is -0.489 e. The van der Waals surface area contributed by atoms with Crippen LogP contribution < -0.4 is 0 Å². The van der Waals surface area contributed by atoms with Crippen molar-refractivity contribution < 1.29 is 24.1 Å². The highest BCUT2D eigenvalue weighted by Gasteiger charge is 2.45. The first-order valence-electron chi connectivity index (χ1n) is 14.2.